The highest BCUT2D eigenvalue weighted by Crippen LogP contribution is 2.39. The van der Waals surface area contributed by atoms with Crippen LogP contribution in [0.15, 0.2) is 54.7 Å². The van der Waals surface area contributed by atoms with E-state index in [0.717, 1.165) is 19.2 Å². The third kappa shape index (κ3) is 6.64. The number of benzene rings is 2. The van der Waals surface area contributed by atoms with E-state index in [1.807, 2.05) is 0 Å². The maximum absolute atomic E-state index is 14.3. The van der Waals surface area contributed by atoms with Gasteiger partial charge in [-0.3, -0.25) is 9.69 Å². The Labute approximate surface area is 211 Å². The zero-order chi connectivity index (χ0) is 26.4. The molecule has 0 atom stereocenters. The van der Waals surface area contributed by atoms with Crippen LogP contribution in [0.5, 0.6) is 0 Å². The van der Waals surface area contributed by atoms with Gasteiger partial charge in [-0.25, -0.2) is 9.37 Å². The van der Waals surface area contributed by atoms with E-state index in [-0.39, 0.29) is 34.6 Å². The standard InChI is InChI=1S/C27H24F4N4O2/c28-24-8-5-18(15-19(24)3-2-10-35-11-13-37-14-12-35)17-34-26-22(4-1-9-33-26)21-7-6-20(25(32)36)16-23(21)27(29,30)31/h1,4-9,15-16H,10-14,17H2,(H2,32,36)(H,33,34). The van der Waals surface area contributed by atoms with Crippen molar-refractivity contribution in [2.75, 3.05) is 38.2 Å². The number of rotatable bonds is 6. The lowest BCUT2D eigenvalue weighted by Crippen LogP contribution is -2.36. The van der Waals surface area contributed by atoms with Gasteiger partial charge in [0.1, 0.15) is 11.6 Å². The smallest absolute Gasteiger partial charge is 0.379 e. The Balaban J connectivity index is 1.55. The van der Waals surface area contributed by atoms with Crippen LogP contribution in [-0.4, -0.2) is 48.6 Å². The number of hydrogen-bond donors (Lipinski definition) is 2. The van der Waals surface area contributed by atoms with Gasteiger partial charge in [0.25, 0.3) is 0 Å². The molecule has 1 aliphatic heterocycles. The summed E-state index contributed by atoms with van der Waals surface area (Å²) >= 11 is 0. The molecule has 0 bridgehead atoms. The lowest BCUT2D eigenvalue weighted by atomic mass is 9.97. The first-order valence-electron chi connectivity index (χ1n) is 11.5. The van der Waals surface area contributed by atoms with Gasteiger partial charge < -0.3 is 15.8 Å². The fourth-order valence-electron chi connectivity index (χ4n) is 3.90. The zero-order valence-corrected chi connectivity index (χ0v) is 19.7. The lowest BCUT2D eigenvalue weighted by molar-refractivity contribution is -0.137. The molecule has 4 rings (SSSR count). The molecule has 1 saturated heterocycles. The Morgan fingerprint density at radius 2 is 1.89 bits per heavy atom. The van der Waals surface area contributed by atoms with E-state index in [4.69, 9.17) is 10.5 Å². The number of amides is 1. The first kappa shape index (κ1) is 26.1. The summed E-state index contributed by atoms with van der Waals surface area (Å²) in [7, 11) is 0. The van der Waals surface area contributed by atoms with Gasteiger partial charge in [-0.2, -0.15) is 13.2 Å². The van der Waals surface area contributed by atoms with Crippen molar-refractivity contribution in [3.8, 4) is 23.0 Å². The number of aromatic nitrogens is 1. The van der Waals surface area contributed by atoms with Gasteiger partial charge >= 0.3 is 6.18 Å². The van der Waals surface area contributed by atoms with Crippen molar-refractivity contribution in [3.63, 3.8) is 0 Å². The van der Waals surface area contributed by atoms with Crippen molar-refractivity contribution in [1.29, 1.82) is 0 Å². The summed E-state index contributed by atoms with van der Waals surface area (Å²) in [4.78, 5) is 17.8. The average Bonchev–Trinajstić information content (AvgIpc) is 2.89. The third-order valence-electron chi connectivity index (χ3n) is 5.83. The molecule has 0 saturated carbocycles. The number of carbonyl (C=O) groups excluding carboxylic acids is 1. The molecule has 0 radical (unpaired) electrons. The molecule has 3 aromatic rings. The van der Waals surface area contributed by atoms with Crippen molar-refractivity contribution < 1.29 is 27.1 Å². The van der Waals surface area contributed by atoms with Gasteiger partial charge in [0.05, 0.1) is 30.9 Å². The maximum atomic E-state index is 14.3. The minimum Gasteiger partial charge on any atom is -0.379 e. The van der Waals surface area contributed by atoms with Crippen molar-refractivity contribution in [3.05, 3.63) is 82.8 Å². The van der Waals surface area contributed by atoms with Crippen LogP contribution in [0.1, 0.15) is 27.0 Å². The molecule has 1 aliphatic rings. The molecule has 37 heavy (non-hydrogen) atoms. The second kappa shape index (κ2) is 11.4. The number of pyridine rings is 1. The highest BCUT2D eigenvalue weighted by Gasteiger charge is 2.35. The topological polar surface area (TPSA) is 80.5 Å². The van der Waals surface area contributed by atoms with Gasteiger partial charge in [0, 0.05) is 37.0 Å². The van der Waals surface area contributed by atoms with E-state index >= 15 is 0 Å². The van der Waals surface area contributed by atoms with Crippen LogP contribution >= 0.6 is 0 Å². The summed E-state index contributed by atoms with van der Waals surface area (Å²) in [6, 6.07) is 10.7. The van der Waals surface area contributed by atoms with Crippen molar-refractivity contribution in [2.24, 2.45) is 5.73 Å². The van der Waals surface area contributed by atoms with Crippen LogP contribution in [0.4, 0.5) is 23.4 Å². The molecule has 1 amide bonds. The number of carbonyl (C=O) groups is 1. The summed E-state index contributed by atoms with van der Waals surface area (Å²) in [6.07, 6.45) is -3.27. The quantitative estimate of drug-likeness (QED) is 0.380. The number of nitrogens with one attached hydrogen (secondary N) is 1. The number of nitrogens with zero attached hydrogens (tertiary/aromatic N) is 2. The summed E-state index contributed by atoms with van der Waals surface area (Å²) in [5.74, 6) is 4.63. The fraction of sp³-hybridized carbons (Fsp3) is 0.259. The number of nitrogens with two attached hydrogens (primary N) is 1. The molecule has 1 fully saturated rings. The first-order chi connectivity index (χ1) is 17.7. The highest BCUT2D eigenvalue weighted by molar-refractivity contribution is 5.94. The van der Waals surface area contributed by atoms with Crippen LogP contribution in [-0.2, 0) is 17.5 Å². The van der Waals surface area contributed by atoms with E-state index in [2.05, 4.69) is 27.0 Å². The number of alkyl halides is 3. The first-order valence-corrected chi connectivity index (χ1v) is 11.5. The fourth-order valence-corrected chi connectivity index (χ4v) is 3.90. The molecule has 0 aliphatic carbocycles. The molecule has 3 N–H and O–H groups in total. The Hall–Kier alpha value is -3.94. The van der Waals surface area contributed by atoms with E-state index in [9.17, 15) is 22.4 Å². The van der Waals surface area contributed by atoms with Crippen molar-refractivity contribution in [2.45, 2.75) is 12.7 Å². The number of anilines is 1. The Bertz CT molecular complexity index is 1340. The Morgan fingerprint density at radius 3 is 2.62 bits per heavy atom. The normalized spacial score (nSPS) is 14.1. The summed E-state index contributed by atoms with van der Waals surface area (Å²) < 4.78 is 61.1. The molecule has 2 aromatic carbocycles. The van der Waals surface area contributed by atoms with Gasteiger partial charge in [0.15, 0.2) is 0 Å². The van der Waals surface area contributed by atoms with Gasteiger partial charge in [-0.1, -0.05) is 24.0 Å². The SMILES string of the molecule is NC(=O)c1ccc(-c2cccnc2NCc2ccc(F)c(C#CCN3CCOCC3)c2)c(C(F)(F)F)c1. The third-order valence-corrected chi connectivity index (χ3v) is 5.83. The molecule has 0 unspecified atom stereocenters. The van der Waals surface area contributed by atoms with Crippen molar-refractivity contribution >= 4 is 11.7 Å². The molecule has 192 valence electrons. The minimum absolute atomic E-state index is 0.151. The van der Waals surface area contributed by atoms with E-state index in [0.29, 0.717) is 25.3 Å². The number of halogens is 4. The molecule has 2 heterocycles. The average molecular weight is 513 g/mol. The molecule has 6 nitrogen and oxygen atoms in total. The van der Waals surface area contributed by atoms with E-state index in [1.54, 1.807) is 12.1 Å². The lowest BCUT2D eigenvalue weighted by Gasteiger charge is -2.24. The zero-order valence-electron chi connectivity index (χ0n) is 19.7. The second-order valence-corrected chi connectivity index (χ2v) is 8.38. The summed E-state index contributed by atoms with van der Waals surface area (Å²) in [5.41, 5.74) is 4.87. The largest absolute Gasteiger partial charge is 0.417 e. The van der Waals surface area contributed by atoms with Crippen molar-refractivity contribution in [1.82, 2.24) is 9.88 Å². The molecule has 0 spiro atoms. The number of primary amides is 1. The maximum Gasteiger partial charge on any atom is 0.417 e. The van der Waals surface area contributed by atoms with E-state index < -0.39 is 23.5 Å². The molecule has 1 aromatic heterocycles. The minimum atomic E-state index is -4.72. The van der Waals surface area contributed by atoms with Gasteiger partial charge in [-0.15, -0.1) is 0 Å². The van der Waals surface area contributed by atoms with Gasteiger partial charge in [0.2, 0.25) is 5.91 Å². The van der Waals surface area contributed by atoms with Crippen LogP contribution in [0.25, 0.3) is 11.1 Å². The number of hydrogen-bond acceptors (Lipinski definition) is 5. The summed E-state index contributed by atoms with van der Waals surface area (Å²) in [5, 5.41) is 3.04. The second-order valence-electron chi connectivity index (χ2n) is 8.38. The molecular weight excluding hydrogens is 488 g/mol. The Morgan fingerprint density at radius 1 is 1.11 bits per heavy atom. The Kier molecular flexibility index (Phi) is 8.06. The van der Waals surface area contributed by atoms with E-state index in [1.165, 1.54) is 36.5 Å². The number of morpholine rings is 1. The van der Waals surface area contributed by atoms with Crippen LogP contribution in [0.3, 0.4) is 0 Å². The monoisotopic (exact) mass is 512 g/mol. The van der Waals surface area contributed by atoms with Crippen LogP contribution < -0.4 is 11.1 Å². The predicted molar refractivity (Wildman–Crippen MR) is 131 cm³/mol. The van der Waals surface area contributed by atoms with Crippen LogP contribution in [0, 0.1) is 17.7 Å². The molecule has 10 heteroatoms. The predicted octanol–water partition coefficient (Wildman–Crippen LogP) is 4.30. The number of ether oxygens (including phenoxy) is 1. The van der Waals surface area contributed by atoms with Crippen LogP contribution in [0.2, 0.25) is 0 Å². The molecular formula is C27H24F4N4O2. The highest BCUT2D eigenvalue weighted by atomic mass is 19.4. The summed E-state index contributed by atoms with van der Waals surface area (Å²) in [6.45, 7) is 3.50. The van der Waals surface area contributed by atoms with Gasteiger partial charge in [-0.05, 0) is 47.5 Å².